The van der Waals surface area contributed by atoms with Crippen LogP contribution in [0.5, 0.6) is 0 Å². The smallest absolute Gasteiger partial charge is 0.408 e. The number of carbonyl (C=O) groups is 1. The summed E-state index contributed by atoms with van der Waals surface area (Å²) in [5, 5.41) is 7.07. The van der Waals surface area contributed by atoms with Gasteiger partial charge in [-0.2, -0.15) is 5.10 Å². The molecule has 1 amide bonds. The molecule has 2 rings (SSSR count). The van der Waals surface area contributed by atoms with Crippen LogP contribution in [-0.2, 0) is 4.74 Å². The van der Waals surface area contributed by atoms with Crippen LogP contribution in [0.2, 0.25) is 0 Å². The summed E-state index contributed by atoms with van der Waals surface area (Å²) in [5.41, 5.74) is 6.99. The van der Waals surface area contributed by atoms with Gasteiger partial charge in [0.1, 0.15) is 5.60 Å². The van der Waals surface area contributed by atoms with E-state index >= 15 is 0 Å². The van der Waals surface area contributed by atoms with Crippen LogP contribution in [0.15, 0.2) is 42.7 Å². The molecule has 0 radical (unpaired) electrons. The van der Waals surface area contributed by atoms with Gasteiger partial charge in [-0.25, -0.2) is 9.48 Å². The fraction of sp³-hybridized carbons (Fsp3) is 0.375. The number of nitrogens with two attached hydrogens (primary N) is 1. The number of para-hydroxylation sites is 1. The van der Waals surface area contributed by atoms with E-state index in [2.05, 4.69) is 10.4 Å². The summed E-state index contributed by atoms with van der Waals surface area (Å²) in [5.74, 6) is 0. The number of benzene rings is 1. The second-order valence-corrected chi connectivity index (χ2v) is 5.99. The van der Waals surface area contributed by atoms with Crippen molar-refractivity contribution in [3.63, 3.8) is 0 Å². The number of ether oxygens (including phenoxy) is 1. The van der Waals surface area contributed by atoms with Crippen LogP contribution in [0.1, 0.15) is 32.4 Å². The van der Waals surface area contributed by atoms with Crippen molar-refractivity contribution < 1.29 is 9.53 Å². The zero-order valence-electron chi connectivity index (χ0n) is 13.1. The maximum Gasteiger partial charge on any atom is 0.408 e. The van der Waals surface area contributed by atoms with Crippen LogP contribution < -0.4 is 11.1 Å². The number of alkyl carbamates (subject to hydrolysis) is 1. The molecule has 22 heavy (non-hydrogen) atoms. The SMILES string of the molecule is CC(C)(C)OC(=O)NC(CN)c1cnn(-c2ccccc2)c1. The highest BCUT2D eigenvalue weighted by molar-refractivity contribution is 5.68. The number of nitrogens with zero attached hydrogens (tertiary/aromatic N) is 2. The molecular weight excluding hydrogens is 280 g/mol. The van der Waals surface area contributed by atoms with Gasteiger partial charge in [0.25, 0.3) is 0 Å². The lowest BCUT2D eigenvalue weighted by Gasteiger charge is -2.22. The fourth-order valence-electron chi connectivity index (χ4n) is 1.97. The molecule has 0 bridgehead atoms. The first kappa shape index (κ1) is 16.0. The molecule has 1 aromatic carbocycles. The van der Waals surface area contributed by atoms with Crippen LogP contribution in [0.25, 0.3) is 5.69 Å². The predicted molar refractivity (Wildman–Crippen MR) is 84.7 cm³/mol. The molecule has 2 aromatic rings. The highest BCUT2D eigenvalue weighted by Gasteiger charge is 2.20. The molecule has 3 N–H and O–H groups in total. The van der Waals surface area contributed by atoms with Crippen molar-refractivity contribution in [2.24, 2.45) is 5.73 Å². The molecule has 0 saturated carbocycles. The van der Waals surface area contributed by atoms with E-state index in [-0.39, 0.29) is 12.6 Å². The van der Waals surface area contributed by atoms with E-state index in [9.17, 15) is 4.79 Å². The summed E-state index contributed by atoms with van der Waals surface area (Å²) in [6, 6.07) is 9.39. The largest absolute Gasteiger partial charge is 0.444 e. The standard InChI is InChI=1S/C16H22N4O2/c1-16(2,3)22-15(21)19-14(9-17)12-10-18-20(11-12)13-7-5-4-6-8-13/h4-8,10-11,14H,9,17H2,1-3H3,(H,19,21). The Morgan fingerprint density at radius 1 is 1.36 bits per heavy atom. The van der Waals surface area contributed by atoms with Gasteiger partial charge >= 0.3 is 6.09 Å². The van der Waals surface area contributed by atoms with E-state index in [0.29, 0.717) is 0 Å². The molecule has 6 nitrogen and oxygen atoms in total. The van der Waals surface area contributed by atoms with E-state index in [4.69, 9.17) is 10.5 Å². The molecule has 118 valence electrons. The quantitative estimate of drug-likeness (QED) is 0.908. The average molecular weight is 302 g/mol. The van der Waals surface area contributed by atoms with Gasteiger partial charge in [-0.3, -0.25) is 0 Å². The Hall–Kier alpha value is -2.34. The van der Waals surface area contributed by atoms with Crippen LogP contribution in [0.4, 0.5) is 4.79 Å². The highest BCUT2D eigenvalue weighted by Crippen LogP contribution is 2.15. The number of hydrogen-bond acceptors (Lipinski definition) is 4. The summed E-state index contributed by atoms with van der Waals surface area (Å²) in [7, 11) is 0. The number of hydrogen-bond donors (Lipinski definition) is 2. The van der Waals surface area contributed by atoms with Gasteiger partial charge in [0.2, 0.25) is 0 Å². The molecule has 0 spiro atoms. The van der Waals surface area contributed by atoms with Gasteiger partial charge in [0, 0.05) is 18.3 Å². The van der Waals surface area contributed by atoms with Crippen LogP contribution in [0.3, 0.4) is 0 Å². The first-order valence-electron chi connectivity index (χ1n) is 7.18. The second kappa shape index (κ2) is 6.62. The van der Waals surface area contributed by atoms with Gasteiger partial charge in [0.05, 0.1) is 17.9 Å². The molecule has 1 atom stereocenters. The topological polar surface area (TPSA) is 82.2 Å². The fourth-order valence-corrected chi connectivity index (χ4v) is 1.97. The van der Waals surface area contributed by atoms with Crippen molar-refractivity contribution in [3.8, 4) is 5.69 Å². The molecule has 1 unspecified atom stereocenters. The highest BCUT2D eigenvalue weighted by atomic mass is 16.6. The molecule has 6 heteroatoms. The third-order valence-corrected chi connectivity index (χ3v) is 2.95. The van der Waals surface area contributed by atoms with Crippen molar-refractivity contribution in [2.75, 3.05) is 6.54 Å². The molecule has 0 fully saturated rings. The summed E-state index contributed by atoms with van der Waals surface area (Å²) < 4.78 is 6.99. The third-order valence-electron chi connectivity index (χ3n) is 2.95. The van der Waals surface area contributed by atoms with Crippen LogP contribution >= 0.6 is 0 Å². The lowest BCUT2D eigenvalue weighted by molar-refractivity contribution is 0.0505. The van der Waals surface area contributed by atoms with E-state index in [1.165, 1.54) is 0 Å². The van der Waals surface area contributed by atoms with Crippen molar-refractivity contribution in [1.29, 1.82) is 0 Å². The van der Waals surface area contributed by atoms with Crippen molar-refractivity contribution >= 4 is 6.09 Å². The zero-order chi connectivity index (χ0) is 16.2. The van der Waals surface area contributed by atoms with E-state index in [0.717, 1.165) is 11.3 Å². The second-order valence-electron chi connectivity index (χ2n) is 5.99. The first-order valence-corrected chi connectivity index (χ1v) is 7.18. The number of aromatic nitrogens is 2. The monoisotopic (exact) mass is 302 g/mol. The lowest BCUT2D eigenvalue weighted by atomic mass is 10.1. The maximum absolute atomic E-state index is 11.9. The normalized spacial score (nSPS) is 12.7. The van der Waals surface area contributed by atoms with E-state index in [1.54, 1.807) is 10.9 Å². The third kappa shape index (κ3) is 4.33. The minimum Gasteiger partial charge on any atom is -0.444 e. The lowest BCUT2D eigenvalue weighted by Crippen LogP contribution is -2.37. The van der Waals surface area contributed by atoms with E-state index in [1.807, 2.05) is 57.3 Å². The Kier molecular flexibility index (Phi) is 4.82. The number of nitrogens with one attached hydrogen (secondary N) is 1. The first-order chi connectivity index (χ1) is 10.4. The minimum absolute atomic E-state index is 0.264. The summed E-state index contributed by atoms with van der Waals surface area (Å²) in [6.45, 7) is 5.71. The Balaban J connectivity index is 2.09. The Morgan fingerprint density at radius 2 is 2.05 bits per heavy atom. The molecular formula is C16H22N4O2. The molecule has 1 aromatic heterocycles. The van der Waals surface area contributed by atoms with Gasteiger partial charge in [-0.15, -0.1) is 0 Å². The van der Waals surface area contributed by atoms with E-state index < -0.39 is 11.7 Å². The van der Waals surface area contributed by atoms with Gasteiger partial charge in [-0.1, -0.05) is 18.2 Å². The Morgan fingerprint density at radius 3 is 2.64 bits per heavy atom. The van der Waals surface area contributed by atoms with Crippen LogP contribution in [0, 0.1) is 0 Å². The number of amides is 1. The molecule has 0 aliphatic heterocycles. The van der Waals surface area contributed by atoms with Gasteiger partial charge in [0.15, 0.2) is 0 Å². The van der Waals surface area contributed by atoms with Gasteiger partial charge in [-0.05, 0) is 32.9 Å². The van der Waals surface area contributed by atoms with Crippen molar-refractivity contribution in [3.05, 3.63) is 48.3 Å². The van der Waals surface area contributed by atoms with Crippen molar-refractivity contribution in [1.82, 2.24) is 15.1 Å². The Bertz CT molecular complexity index is 617. The number of carbonyl (C=O) groups excluding carboxylic acids is 1. The van der Waals surface area contributed by atoms with Crippen LogP contribution in [-0.4, -0.2) is 28.0 Å². The summed E-state index contributed by atoms with van der Waals surface area (Å²) in [4.78, 5) is 11.9. The summed E-state index contributed by atoms with van der Waals surface area (Å²) >= 11 is 0. The predicted octanol–water partition coefficient (Wildman–Crippen LogP) is 2.40. The molecule has 0 aliphatic carbocycles. The Labute approximate surface area is 130 Å². The zero-order valence-corrected chi connectivity index (χ0v) is 13.1. The molecule has 0 aliphatic rings. The molecule has 0 saturated heterocycles. The minimum atomic E-state index is -0.544. The van der Waals surface area contributed by atoms with Crippen molar-refractivity contribution in [2.45, 2.75) is 32.4 Å². The summed E-state index contributed by atoms with van der Waals surface area (Å²) in [6.07, 6.45) is 3.06. The molecule has 1 heterocycles. The van der Waals surface area contributed by atoms with Gasteiger partial charge < -0.3 is 15.8 Å². The number of rotatable bonds is 4. The average Bonchev–Trinajstić information content (AvgIpc) is 2.93. The maximum atomic E-state index is 11.9.